The molecule has 0 aromatic heterocycles. The zero-order valence-electron chi connectivity index (χ0n) is 21.3. The van der Waals surface area contributed by atoms with Crippen molar-refractivity contribution in [3.05, 3.63) is 60.2 Å². The molecule has 37 heavy (non-hydrogen) atoms. The van der Waals surface area contributed by atoms with Gasteiger partial charge in [-0.2, -0.15) is 4.31 Å². The smallest absolute Gasteiger partial charge is 0.243 e. The van der Waals surface area contributed by atoms with Crippen LogP contribution in [-0.4, -0.2) is 74.6 Å². The summed E-state index contributed by atoms with van der Waals surface area (Å²) in [4.78, 5) is 15.2. The van der Waals surface area contributed by atoms with E-state index in [4.69, 9.17) is 9.47 Å². The fourth-order valence-electron chi connectivity index (χ4n) is 5.66. The molecule has 1 N–H and O–H groups in total. The Labute approximate surface area is 220 Å². The number of nitrogens with one attached hydrogen (secondary N) is 1. The summed E-state index contributed by atoms with van der Waals surface area (Å²) in [5.74, 6) is -0.128. The van der Waals surface area contributed by atoms with Crippen molar-refractivity contribution < 1.29 is 22.7 Å². The van der Waals surface area contributed by atoms with Gasteiger partial charge in [-0.3, -0.25) is 9.69 Å². The van der Waals surface area contributed by atoms with Crippen molar-refractivity contribution in [1.29, 1.82) is 0 Å². The number of ether oxygens (including phenoxy) is 2. The molecule has 200 valence electrons. The SMILES string of the molecule is O=C(CN1CC[C@]2(CCCO2)[C@@H](OCc2ccccc2)C1)Nc1ccc(S(=O)(=O)N2CCCCC2)cc1. The summed E-state index contributed by atoms with van der Waals surface area (Å²) < 4.78 is 39.9. The van der Waals surface area contributed by atoms with Crippen molar-refractivity contribution in [2.45, 2.75) is 61.7 Å². The molecule has 2 aromatic rings. The number of rotatable bonds is 8. The fraction of sp³-hybridized carbons (Fsp3) is 0.536. The minimum absolute atomic E-state index is 0.101. The first-order chi connectivity index (χ1) is 17.9. The molecule has 0 radical (unpaired) electrons. The predicted octanol–water partition coefficient (Wildman–Crippen LogP) is 3.64. The second-order valence-electron chi connectivity index (χ2n) is 10.3. The highest BCUT2D eigenvalue weighted by molar-refractivity contribution is 7.89. The molecule has 8 nitrogen and oxygen atoms in total. The van der Waals surface area contributed by atoms with Gasteiger partial charge in [0.1, 0.15) is 0 Å². The van der Waals surface area contributed by atoms with Crippen molar-refractivity contribution in [1.82, 2.24) is 9.21 Å². The Hall–Kier alpha value is -2.30. The topological polar surface area (TPSA) is 88.2 Å². The van der Waals surface area contributed by atoms with Gasteiger partial charge in [-0.25, -0.2) is 8.42 Å². The molecule has 0 unspecified atom stereocenters. The van der Waals surface area contributed by atoms with Gasteiger partial charge in [-0.05, 0) is 61.9 Å². The van der Waals surface area contributed by atoms with Crippen molar-refractivity contribution in [3.63, 3.8) is 0 Å². The monoisotopic (exact) mass is 527 g/mol. The molecule has 1 spiro atoms. The quantitative estimate of drug-likeness (QED) is 0.564. The molecule has 5 rings (SSSR count). The van der Waals surface area contributed by atoms with Crippen LogP contribution < -0.4 is 5.32 Å². The van der Waals surface area contributed by atoms with Gasteiger partial charge < -0.3 is 14.8 Å². The summed E-state index contributed by atoms with van der Waals surface area (Å²) >= 11 is 0. The molecule has 0 aliphatic carbocycles. The van der Waals surface area contributed by atoms with E-state index in [1.807, 2.05) is 18.2 Å². The molecule has 3 saturated heterocycles. The van der Waals surface area contributed by atoms with E-state index < -0.39 is 10.0 Å². The number of likely N-dealkylation sites (tertiary alicyclic amines) is 1. The summed E-state index contributed by atoms with van der Waals surface area (Å²) in [7, 11) is -3.49. The Bertz CT molecular complexity index is 1140. The zero-order chi connectivity index (χ0) is 25.7. The molecule has 3 fully saturated rings. The van der Waals surface area contributed by atoms with Crippen LogP contribution in [0.3, 0.4) is 0 Å². The second-order valence-corrected chi connectivity index (χ2v) is 12.3. The number of hydrogen-bond donors (Lipinski definition) is 1. The van der Waals surface area contributed by atoms with Crippen molar-refractivity contribution in [2.24, 2.45) is 0 Å². The van der Waals surface area contributed by atoms with E-state index in [1.165, 1.54) is 0 Å². The molecule has 3 aliphatic heterocycles. The van der Waals surface area contributed by atoms with Gasteiger partial charge in [-0.15, -0.1) is 0 Å². The summed E-state index contributed by atoms with van der Waals surface area (Å²) in [6, 6.07) is 16.6. The standard InChI is InChI=1S/C28H37N3O5S/c32-27(29-24-10-12-25(13-11-24)37(33,34)31-16-5-2-6-17-31)21-30-18-15-28(14-7-19-36-28)26(20-30)35-22-23-8-3-1-4-9-23/h1,3-4,8-13,26H,2,5-7,14-22H2,(H,29,32)/t26-,28+/m0/s1. The molecule has 3 aliphatic rings. The number of amides is 1. The van der Waals surface area contributed by atoms with Gasteiger partial charge >= 0.3 is 0 Å². The normalized spacial score (nSPS) is 25.4. The summed E-state index contributed by atoms with van der Waals surface area (Å²) in [5.41, 5.74) is 1.44. The summed E-state index contributed by atoms with van der Waals surface area (Å²) in [5, 5.41) is 2.92. The largest absolute Gasteiger partial charge is 0.372 e. The molecule has 1 amide bonds. The number of carbonyl (C=O) groups excluding carboxylic acids is 1. The lowest BCUT2D eigenvalue weighted by molar-refractivity contribution is -0.159. The highest BCUT2D eigenvalue weighted by Crippen LogP contribution is 2.38. The second kappa shape index (κ2) is 11.6. The third-order valence-electron chi connectivity index (χ3n) is 7.75. The predicted molar refractivity (Wildman–Crippen MR) is 142 cm³/mol. The number of nitrogens with zero attached hydrogens (tertiary/aromatic N) is 2. The van der Waals surface area contributed by atoms with Gasteiger partial charge in [0.05, 0.1) is 29.8 Å². The van der Waals surface area contributed by atoms with E-state index in [0.717, 1.165) is 57.2 Å². The van der Waals surface area contributed by atoms with E-state index in [0.29, 0.717) is 31.9 Å². The first-order valence-corrected chi connectivity index (χ1v) is 14.8. The minimum Gasteiger partial charge on any atom is -0.372 e. The molecule has 2 atom stereocenters. The van der Waals surface area contributed by atoms with E-state index >= 15 is 0 Å². The van der Waals surface area contributed by atoms with Crippen LogP contribution in [0.5, 0.6) is 0 Å². The number of sulfonamides is 1. The zero-order valence-corrected chi connectivity index (χ0v) is 22.1. The average molecular weight is 528 g/mol. The third-order valence-corrected chi connectivity index (χ3v) is 9.66. The van der Waals surface area contributed by atoms with Crippen LogP contribution in [0, 0.1) is 0 Å². The van der Waals surface area contributed by atoms with E-state index in [1.54, 1.807) is 28.6 Å². The molecule has 2 aromatic carbocycles. The lowest BCUT2D eigenvalue weighted by atomic mass is 9.85. The summed E-state index contributed by atoms with van der Waals surface area (Å²) in [6.45, 7) is 4.06. The van der Waals surface area contributed by atoms with E-state index in [-0.39, 0.29) is 29.1 Å². The van der Waals surface area contributed by atoms with Gasteiger partial charge in [0, 0.05) is 38.5 Å². The van der Waals surface area contributed by atoms with Crippen LogP contribution in [0.4, 0.5) is 5.69 Å². The Morgan fingerprint density at radius 3 is 2.43 bits per heavy atom. The molecular formula is C28H37N3O5S. The lowest BCUT2D eigenvalue weighted by Crippen LogP contribution is -2.57. The van der Waals surface area contributed by atoms with Crippen LogP contribution in [-0.2, 0) is 30.9 Å². The van der Waals surface area contributed by atoms with Gasteiger partial charge in [-0.1, -0.05) is 36.8 Å². The maximum Gasteiger partial charge on any atom is 0.243 e. The molecule has 3 heterocycles. The maximum atomic E-state index is 12.9. The first kappa shape index (κ1) is 26.3. The molecule has 9 heteroatoms. The van der Waals surface area contributed by atoms with Crippen molar-refractivity contribution in [3.8, 4) is 0 Å². The van der Waals surface area contributed by atoms with Crippen LogP contribution in [0.15, 0.2) is 59.5 Å². The van der Waals surface area contributed by atoms with Gasteiger partial charge in [0.2, 0.25) is 15.9 Å². The van der Waals surface area contributed by atoms with E-state index in [2.05, 4.69) is 22.3 Å². The number of hydrogen-bond acceptors (Lipinski definition) is 6. The highest BCUT2D eigenvalue weighted by atomic mass is 32.2. The summed E-state index contributed by atoms with van der Waals surface area (Å²) in [6.07, 6.45) is 5.62. The van der Waals surface area contributed by atoms with Gasteiger partial charge in [0.25, 0.3) is 0 Å². The average Bonchev–Trinajstić information content (AvgIpc) is 3.40. The molecule has 0 saturated carbocycles. The Morgan fingerprint density at radius 2 is 1.73 bits per heavy atom. The van der Waals surface area contributed by atoms with Crippen LogP contribution in [0.2, 0.25) is 0 Å². The number of piperidine rings is 2. The minimum atomic E-state index is -3.49. The van der Waals surface area contributed by atoms with Crippen LogP contribution >= 0.6 is 0 Å². The third kappa shape index (κ3) is 6.23. The van der Waals surface area contributed by atoms with Crippen molar-refractivity contribution >= 4 is 21.6 Å². The fourth-order valence-corrected chi connectivity index (χ4v) is 7.18. The molecule has 0 bridgehead atoms. The Balaban J connectivity index is 1.17. The maximum absolute atomic E-state index is 12.9. The molecular weight excluding hydrogens is 490 g/mol. The first-order valence-electron chi connectivity index (χ1n) is 13.4. The number of anilines is 1. The number of carbonyl (C=O) groups is 1. The van der Waals surface area contributed by atoms with Crippen molar-refractivity contribution in [2.75, 3.05) is 44.6 Å². The Kier molecular flexibility index (Phi) is 8.26. The van der Waals surface area contributed by atoms with Crippen LogP contribution in [0.25, 0.3) is 0 Å². The lowest BCUT2D eigenvalue weighted by Gasteiger charge is -2.44. The number of benzene rings is 2. The van der Waals surface area contributed by atoms with Gasteiger partial charge in [0.15, 0.2) is 0 Å². The Morgan fingerprint density at radius 1 is 0.973 bits per heavy atom. The van der Waals surface area contributed by atoms with Crippen LogP contribution in [0.1, 0.15) is 44.1 Å². The highest BCUT2D eigenvalue weighted by Gasteiger charge is 2.47. The van der Waals surface area contributed by atoms with E-state index in [9.17, 15) is 13.2 Å².